The molecule has 0 saturated carbocycles. The van der Waals surface area contributed by atoms with Crippen LogP contribution < -0.4 is 18.9 Å². The summed E-state index contributed by atoms with van der Waals surface area (Å²) < 4.78 is 53.6. The zero-order valence-electron chi connectivity index (χ0n) is 19.6. The first-order valence-electron chi connectivity index (χ1n) is 11.1. The third kappa shape index (κ3) is 4.25. The van der Waals surface area contributed by atoms with Crippen molar-refractivity contribution in [3.63, 3.8) is 0 Å². The van der Waals surface area contributed by atoms with E-state index in [2.05, 4.69) is 20.0 Å². The normalized spacial score (nSPS) is 13.7. The molecule has 4 heterocycles. The molecular weight excluding hydrogens is 474 g/mol. The van der Waals surface area contributed by atoms with Gasteiger partial charge in [-0.3, -0.25) is 9.40 Å². The van der Waals surface area contributed by atoms with Gasteiger partial charge in [-0.25, -0.2) is 13.4 Å². The van der Waals surface area contributed by atoms with Crippen LogP contribution in [0.25, 0.3) is 11.0 Å². The Morgan fingerprint density at radius 2 is 2.06 bits per heavy atom. The van der Waals surface area contributed by atoms with Gasteiger partial charge < -0.3 is 18.7 Å². The number of nitrogens with one attached hydrogen (secondary N) is 1. The first-order chi connectivity index (χ1) is 16.9. The van der Waals surface area contributed by atoms with Gasteiger partial charge in [0.25, 0.3) is 10.0 Å². The fourth-order valence-electron chi connectivity index (χ4n) is 4.27. The van der Waals surface area contributed by atoms with Gasteiger partial charge >= 0.3 is 0 Å². The highest BCUT2D eigenvalue weighted by Crippen LogP contribution is 2.41. The van der Waals surface area contributed by atoms with E-state index in [9.17, 15) is 8.42 Å². The lowest BCUT2D eigenvalue weighted by Gasteiger charge is -2.16. The SMILES string of the molecule is COc1cc(C)nc(OC)c1S(=O)(=O)Nc1noc2cc(Cn3cccn3)c3c(c12)OCCCC3. The van der Waals surface area contributed by atoms with Crippen LogP contribution >= 0.6 is 0 Å². The molecule has 0 atom stereocenters. The molecule has 5 rings (SSSR count). The Balaban J connectivity index is 1.62. The van der Waals surface area contributed by atoms with Crippen molar-refractivity contribution in [2.45, 2.75) is 37.6 Å². The smallest absolute Gasteiger partial charge is 0.272 e. The van der Waals surface area contributed by atoms with Crippen LogP contribution in [0.2, 0.25) is 0 Å². The van der Waals surface area contributed by atoms with E-state index >= 15 is 0 Å². The summed E-state index contributed by atoms with van der Waals surface area (Å²) in [7, 11) is -1.49. The van der Waals surface area contributed by atoms with Gasteiger partial charge in [-0.2, -0.15) is 5.10 Å². The number of hydrogen-bond acceptors (Lipinski definition) is 9. The van der Waals surface area contributed by atoms with E-state index in [1.54, 1.807) is 13.1 Å². The van der Waals surface area contributed by atoms with E-state index in [1.807, 2.05) is 23.0 Å². The Bertz CT molecular complexity index is 1460. The van der Waals surface area contributed by atoms with E-state index in [0.717, 1.165) is 30.4 Å². The van der Waals surface area contributed by atoms with Crippen molar-refractivity contribution in [2.24, 2.45) is 0 Å². The first kappa shape index (κ1) is 23.0. The molecule has 0 amide bonds. The van der Waals surface area contributed by atoms with Gasteiger partial charge in [0, 0.05) is 29.7 Å². The standard InChI is InChI=1S/C23H25N5O6S/c1-14-11-18(31-2)21(23(25-14)32-3)35(29,30)27-22-19-17(34-26-22)12-15(13-28-9-6-8-24-28)16-7-4-5-10-33-20(16)19/h6,8-9,11-12H,4-5,7,10,13H2,1-3H3,(H,26,27). The summed E-state index contributed by atoms with van der Waals surface area (Å²) in [4.78, 5) is 3.96. The molecule has 1 aliphatic heterocycles. The van der Waals surface area contributed by atoms with Crippen molar-refractivity contribution in [1.82, 2.24) is 19.9 Å². The number of anilines is 1. The number of methoxy groups -OCH3 is 2. The number of aryl methyl sites for hydroxylation is 1. The number of benzene rings is 1. The Kier molecular flexibility index (Phi) is 5.97. The quantitative estimate of drug-likeness (QED) is 0.407. The average molecular weight is 500 g/mol. The molecule has 35 heavy (non-hydrogen) atoms. The van der Waals surface area contributed by atoms with Gasteiger partial charge in [0.05, 0.1) is 27.4 Å². The molecule has 0 fully saturated rings. The number of sulfonamides is 1. The van der Waals surface area contributed by atoms with Crippen LogP contribution in [-0.4, -0.2) is 49.2 Å². The summed E-state index contributed by atoms with van der Waals surface area (Å²) in [6.45, 7) is 2.75. The van der Waals surface area contributed by atoms with Crippen LogP contribution in [0.3, 0.4) is 0 Å². The van der Waals surface area contributed by atoms with E-state index in [1.165, 1.54) is 20.3 Å². The van der Waals surface area contributed by atoms with Gasteiger partial charge in [-0.1, -0.05) is 5.16 Å². The molecule has 1 N–H and O–H groups in total. The van der Waals surface area contributed by atoms with Crippen LogP contribution in [0, 0.1) is 6.92 Å². The van der Waals surface area contributed by atoms with Crippen molar-refractivity contribution >= 4 is 26.8 Å². The van der Waals surface area contributed by atoms with Gasteiger partial charge in [0.2, 0.25) is 5.88 Å². The van der Waals surface area contributed by atoms with Crippen LogP contribution in [0.5, 0.6) is 17.4 Å². The monoisotopic (exact) mass is 499 g/mol. The minimum atomic E-state index is -4.22. The molecule has 0 saturated heterocycles. The number of nitrogens with zero attached hydrogens (tertiary/aromatic N) is 4. The van der Waals surface area contributed by atoms with Crippen molar-refractivity contribution in [3.05, 3.63) is 47.4 Å². The van der Waals surface area contributed by atoms with Crippen LogP contribution in [0.1, 0.15) is 29.7 Å². The number of ether oxygens (including phenoxy) is 3. The lowest BCUT2D eigenvalue weighted by molar-refractivity contribution is 0.320. The summed E-state index contributed by atoms with van der Waals surface area (Å²) >= 11 is 0. The number of aromatic nitrogens is 4. The number of fused-ring (bicyclic) bond motifs is 3. The van der Waals surface area contributed by atoms with Gasteiger partial charge in [-0.15, -0.1) is 0 Å². The predicted molar refractivity (Wildman–Crippen MR) is 127 cm³/mol. The number of pyridine rings is 1. The van der Waals surface area contributed by atoms with E-state index in [-0.39, 0.29) is 22.3 Å². The second kappa shape index (κ2) is 9.10. The highest BCUT2D eigenvalue weighted by molar-refractivity contribution is 7.93. The molecule has 1 aromatic carbocycles. The molecule has 12 heteroatoms. The van der Waals surface area contributed by atoms with Crippen LogP contribution in [0.4, 0.5) is 5.82 Å². The molecule has 11 nitrogen and oxygen atoms in total. The largest absolute Gasteiger partial charge is 0.495 e. The highest BCUT2D eigenvalue weighted by Gasteiger charge is 2.31. The molecule has 0 unspecified atom stereocenters. The van der Waals surface area contributed by atoms with Crippen LogP contribution in [-0.2, 0) is 23.0 Å². The van der Waals surface area contributed by atoms with E-state index in [4.69, 9.17) is 18.7 Å². The Hall–Kier alpha value is -3.80. The molecule has 3 aromatic heterocycles. The Morgan fingerprint density at radius 3 is 2.80 bits per heavy atom. The summed E-state index contributed by atoms with van der Waals surface area (Å²) in [6.07, 6.45) is 6.21. The Labute approximate surface area is 202 Å². The average Bonchev–Trinajstić information content (AvgIpc) is 3.41. The van der Waals surface area contributed by atoms with E-state index in [0.29, 0.717) is 35.6 Å². The summed E-state index contributed by atoms with van der Waals surface area (Å²) in [6, 6.07) is 5.25. The molecule has 184 valence electrons. The minimum Gasteiger partial charge on any atom is -0.495 e. The van der Waals surface area contributed by atoms with Crippen molar-refractivity contribution in [1.29, 1.82) is 0 Å². The molecule has 0 spiro atoms. The zero-order valence-corrected chi connectivity index (χ0v) is 20.4. The second-order valence-electron chi connectivity index (χ2n) is 8.17. The van der Waals surface area contributed by atoms with Gasteiger partial charge in [0.15, 0.2) is 16.3 Å². The molecule has 0 bridgehead atoms. The molecule has 1 aliphatic rings. The van der Waals surface area contributed by atoms with Gasteiger partial charge in [0.1, 0.15) is 16.9 Å². The van der Waals surface area contributed by atoms with Crippen LogP contribution in [0.15, 0.2) is 40.0 Å². The minimum absolute atomic E-state index is 0.0217. The molecule has 0 aliphatic carbocycles. The maximum absolute atomic E-state index is 13.5. The maximum Gasteiger partial charge on any atom is 0.272 e. The zero-order chi connectivity index (χ0) is 24.6. The molecule has 4 aromatic rings. The maximum atomic E-state index is 13.5. The Morgan fingerprint density at radius 1 is 1.20 bits per heavy atom. The van der Waals surface area contributed by atoms with E-state index < -0.39 is 10.0 Å². The molecular formula is C23H25N5O6S. The van der Waals surface area contributed by atoms with Gasteiger partial charge in [-0.05, 0) is 43.9 Å². The molecule has 0 radical (unpaired) electrons. The predicted octanol–water partition coefficient (Wildman–Crippen LogP) is 3.31. The summed E-state index contributed by atoms with van der Waals surface area (Å²) in [5.41, 5.74) is 2.93. The fraction of sp³-hybridized carbons (Fsp3) is 0.348. The summed E-state index contributed by atoms with van der Waals surface area (Å²) in [5.74, 6) is 0.612. The first-order valence-corrected chi connectivity index (χ1v) is 12.6. The lowest BCUT2D eigenvalue weighted by Crippen LogP contribution is -2.17. The second-order valence-corrected chi connectivity index (χ2v) is 9.79. The highest BCUT2D eigenvalue weighted by atomic mass is 32.2. The third-order valence-corrected chi connectivity index (χ3v) is 7.20. The van der Waals surface area contributed by atoms with Crippen molar-refractivity contribution < 1.29 is 27.2 Å². The van der Waals surface area contributed by atoms with Crippen molar-refractivity contribution in [3.8, 4) is 17.4 Å². The third-order valence-electron chi connectivity index (χ3n) is 5.82. The topological polar surface area (TPSA) is 131 Å². The van der Waals surface area contributed by atoms with Crippen molar-refractivity contribution in [2.75, 3.05) is 25.5 Å². The number of hydrogen-bond donors (Lipinski definition) is 1. The summed E-state index contributed by atoms with van der Waals surface area (Å²) in [5, 5.41) is 8.81. The fourth-order valence-corrected chi connectivity index (χ4v) is 5.53. The lowest BCUT2D eigenvalue weighted by atomic mass is 9.99. The number of rotatable bonds is 7.